The first-order valence-electron chi connectivity index (χ1n) is 5.19. The van der Waals surface area contributed by atoms with E-state index < -0.39 is 4.92 Å². The molecule has 0 amide bonds. The van der Waals surface area contributed by atoms with Crippen LogP contribution >= 0.6 is 11.8 Å². The van der Waals surface area contributed by atoms with E-state index in [1.165, 1.54) is 6.07 Å². The van der Waals surface area contributed by atoms with Gasteiger partial charge >= 0.3 is 0 Å². The second-order valence-corrected chi connectivity index (χ2v) is 3.16. The summed E-state index contributed by atoms with van der Waals surface area (Å²) in [6.07, 6.45) is 1.89. The average Bonchev–Trinajstić information content (AvgIpc) is 2.32. The molecule has 0 aliphatic heterocycles. The van der Waals surface area contributed by atoms with E-state index in [0.29, 0.717) is 0 Å². The molecule has 0 heterocycles. The minimum atomic E-state index is -0.607. The predicted octanol–water partition coefficient (Wildman–Crippen LogP) is 2.93. The summed E-state index contributed by atoms with van der Waals surface area (Å²) < 4.78 is 13.6. The zero-order valence-corrected chi connectivity index (χ0v) is 14.2. The zero-order valence-electron chi connectivity index (χ0n) is 10.6. The van der Waals surface area contributed by atoms with Gasteiger partial charge in [-0.25, -0.2) is 0 Å². The first kappa shape index (κ1) is 12.8. The smallest absolute Gasteiger partial charge is 0.286 e. The molecule has 1 radical (unpaired) electrons. The van der Waals surface area contributed by atoms with Gasteiger partial charge in [0.2, 0.25) is 0 Å². The molecule has 0 bridgehead atoms. The van der Waals surface area contributed by atoms with Gasteiger partial charge in [-0.15, -0.1) is 12.1 Å². The van der Waals surface area contributed by atoms with Gasteiger partial charge in [-0.05, 0) is 17.4 Å². The Balaban J connectivity index is 0.00000324. The Labute approximate surface area is 142 Å². The fourth-order valence-electron chi connectivity index (χ4n) is 1.03. The zero-order chi connectivity index (χ0) is 13.5. The van der Waals surface area contributed by atoms with Crippen molar-refractivity contribution in [3.63, 3.8) is 0 Å². The molecule has 1 rings (SSSR count). The second kappa shape index (κ2) is 7.62. The van der Waals surface area contributed by atoms with E-state index >= 15 is 0 Å². The third-order valence-corrected chi connectivity index (χ3v) is 1.97. The molecule has 0 fully saturated rings. The molecule has 1 N–H and O–H groups in total. The maximum atomic E-state index is 10.9. The van der Waals surface area contributed by atoms with Crippen molar-refractivity contribution < 1.29 is 51.7 Å². The molecule has 17 heavy (non-hydrogen) atoms. The van der Waals surface area contributed by atoms with Crippen molar-refractivity contribution in [2.24, 2.45) is 0 Å². The van der Waals surface area contributed by atoms with Crippen LogP contribution in [0.15, 0.2) is 12.1 Å². The Morgan fingerprint density at radius 1 is 1.65 bits per heavy atom. The van der Waals surface area contributed by atoms with Crippen LogP contribution in [-0.4, -0.2) is 11.2 Å². The largest absolute Gasteiger partial charge is 0.698 e. The molecule has 1 aromatic rings. The number of nitrogens with zero attached hydrogens (tertiary/aromatic N) is 1. The van der Waals surface area contributed by atoms with Crippen molar-refractivity contribution in [2.45, 2.75) is 0 Å². The van der Waals surface area contributed by atoms with Crippen LogP contribution in [0.2, 0.25) is 0 Å². The van der Waals surface area contributed by atoms with Crippen molar-refractivity contribution in [2.75, 3.05) is 6.23 Å². The molecule has 1 aromatic carbocycles. The molecule has 0 saturated carbocycles. The first-order chi connectivity index (χ1) is 8.60. The van der Waals surface area contributed by atoms with Crippen molar-refractivity contribution in [3.8, 4) is 23.5 Å². The SMILES string of the molecule is [3H]C#Cc1cc([N+](=O)[O-])c(C#CSC[3H])cc1[NH-].[Ac]. The van der Waals surface area contributed by atoms with Gasteiger partial charge < -0.3 is 5.73 Å². The van der Waals surface area contributed by atoms with Crippen LogP contribution in [-0.2, 0) is 0 Å². The van der Waals surface area contributed by atoms with E-state index in [1.807, 2.05) is 6.40 Å². The van der Waals surface area contributed by atoms with Gasteiger partial charge in [0.25, 0.3) is 5.69 Å². The molecule has 0 spiro atoms. The molecule has 0 aliphatic carbocycles. The van der Waals surface area contributed by atoms with Crippen molar-refractivity contribution >= 4 is 23.1 Å². The van der Waals surface area contributed by atoms with Crippen molar-refractivity contribution in [1.82, 2.24) is 0 Å². The number of benzene rings is 1. The van der Waals surface area contributed by atoms with Crippen molar-refractivity contribution in [1.29, 1.82) is 0 Å². The Morgan fingerprint density at radius 3 is 3.00 bits per heavy atom. The van der Waals surface area contributed by atoms with Gasteiger partial charge in [0.15, 0.2) is 0 Å². The first-order valence-corrected chi connectivity index (χ1v) is 4.97. The predicted molar refractivity (Wildman–Crippen MR) is 65.4 cm³/mol. The van der Waals surface area contributed by atoms with Crippen LogP contribution in [0.5, 0.6) is 0 Å². The number of terminal acetylenes is 1. The summed E-state index contributed by atoms with van der Waals surface area (Å²) in [6, 6.07) is 2.38. The molecule has 0 aliphatic rings. The normalized spacial score (nSPS) is 9.41. The number of thioether (sulfide) groups is 1. The Hall–Kier alpha value is -0.668. The number of nitro groups is 1. The maximum absolute atomic E-state index is 10.9. The van der Waals surface area contributed by atoms with Gasteiger partial charge in [-0.3, -0.25) is 10.1 Å². The van der Waals surface area contributed by atoms with Gasteiger partial charge in [-0.2, -0.15) is 0 Å². The molecular weight excluding hydrogens is 451 g/mol. The number of nitrogens with one attached hydrogen (secondary N) is 1. The summed E-state index contributed by atoms with van der Waals surface area (Å²) in [5.74, 6) is 4.85. The summed E-state index contributed by atoms with van der Waals surface area (Å²) in [7, 11) is 0. The second-order valence-electron chi connectivity index (χ2n) is 2.67. The third-order valence-electron chi connectivity index (χ3n) is 1.73. The van der Waals surface area contributed by atoms with E-state index in [9.17, 15) is 10.1 Å². The summed E-state index contributed by atoms with van der Waals surface area (Å²) in [5, 5.41) is 13.4. The minimum absolute atomic E-state index is 0. The van der Waals surface area contributed by atoms with Gasteiger partial charge in [0, 0.05) is 57.1 Å². The third kappa shape index (κ3) is 4.25. The number of nitro benzene ring substituents is 1. The maximum Gasteiger partial charge on any atom is 0.286 e. The average molecular weight is 462 g/mol. The molecule has 6 heteroatoms. The van der Waals surface area contributed by atoms with Crippen LogP contribution in [0.3, 0.4) is 0 Å². The molecule has 0 atom stereocenters. The quantitative estimate of drug-likeness (QED) is 0.366. The summed E-state index contributed by atoms with van der Waals surface area (Å²) in [5.41, 5.74) is 7.58. The number of hydrogen-bond acceptors (Lipinski definition) is 3. The van der Waals surface area contributed by atoms with E-state index in [0.717, 1.165) is 17.8 Å². The van der Waals surface area contributed by atoms with E-state index in [1.54, 1.807) is 0 Å². The molecule has 0 aromatic heterocycles. The topological polar surface area (TPSA) is 66.9 Å². The van der Waals surface area contributed by atoms with Crippen molar-refractivity contribution in [3.05, 3.63) is 39.1 Å². The van der Waals surface area contributed by atoms with Crippen LogP contribution in [0.25, 0.3) is 5.73 Å². The molecule has 4 nitrogen and oxygen atoms in total. The minimum Gasteiger partial charge on any atom is -0.698 e. The van der Waals surface area contributed by atoms with Crippen LogP contribution in [0.4, 0.5) is 11.4 Å². The number of rotatable bonds is 1. The van der Waals surface area contributed by atoms with E-state index in [-0.39, 0.29) is 72.8 Å². The standard InChI is InChI=1S/C11H7N2O2S.Ac/c1-3-8-7-11(13(14)15)9(4-5-16-2)6-10(8)12;/h1,6-7,12H,2H3;/q-1;/i1T,2T;. The molecule has 83 valence electrons. The Morgan fingerprint density at radius 2 is 2.41 bits per heavy atom. The summed E-state index contributed by atoms with van der Waals surface area (Å²) in [4.78, 5) is 10.3. The van der Waals surface area contributed by atoms with Crippen LogP contribution < -0.4 is 0 Å². The van der Waals surface area contributed by atoms with Crippen LogP contribution in [0, 0.1) is 77.7 Å². The van der Waals surface area contributed by atoms with Gasteiger partial charge in [0.1, 0.15) is 6.93 Å². The summed E-state index contributed by atoms with van der Waals surface area (Å²) >= 11 is 1.01. The number of hydrogen-bond donors (Lipinski definition) is 0. The summed E-state index contributed by atoms with van der Waals surface area (Å²) in [6.45, 7) is 0. The fraction of sp³-hybridized carbons (Fsp3) is 0.0909. The Kier molecular flexibility index (Phi) is 5.73. The van der Waals surface area contributed by atoms with Crippen LogP contribution in [0.1, 0.15) is 13.9 Å². The van der Waals surface area contributed by atoms with E-state index in [4.69, 9.17) is 8.48 Å². The molecular formula is C11H7AcN2O2S-. The van der Waals surface area contributed by atoms with Gasteiger partial charge in [0.05, 0.1) is 4.92 Å². The monoisotopic (exact) mass is 462 g/mol. The Bertz CT molecular complexity index is 602. The fourth-order valence-corrected chi connectivity index (χ4v) is 1.22. The molecule has 0 unspecified atom stereocenters. The van der Waals surface area contributed by atoms with E-state index in [2.05, 4.69) is 17.1 Å². The molecule has 0 saturated heterocycles. The van der Waals surface area contributed by atoms with Gasteiger partial charge in [-0.1, -0.05) is 23.7 Å².